The van der Waals surface area contributed by atoms with E-state index in [0.717, 1.165) is 30.1 Å². The van der Waals surface area contributed by atoms with Crippen molar-refractivity contribution in [2.24, 2.45) is 0 Å². The van der Waals surface area contributed by atoms with E-state index in [9.17, 15) is 9.90 Å². The molecule has 0 fully saturated rings. The van der Waals surface area contributed by atoms with Gasteiger partial charge in [0.1, 0.15) is 5.75 Å². The molecule has 7 heteroatoms. The molecule has 0 unspecified atom stereocenters. The van der Waals surface area contributed by atoms with E-state index in [2.05, 4.69) is 64.5 Å². The lowest BCUT2D eigenvalue weighted by atomic mass is 9.92. The molecule has 2 heterocycles. The lowest BCUT2D eigenvalue weighted by Gasteiger charge is -2.35. The van der Waals surface area contributed by atoms with Crippen molar-refractivity contribution in [1.29, 1.82) is 0 Å². The normalized spacial score (nSPS) is 15.6. The smallest absolute Gasteiger partial charge is 0.337 e. The Labute approximate surface area is 201 Å². The summed E-state index contributed by atoms with van der Waals surface area (Å²) in [6.07, 6.45) is 4.19. The highest BCUT2D eigenvalue weighted by atomic mass is 16.5. The molecule has 1 aromatic heterocycles. The number of carbonyl (C=O) groups is 1. The molecule has 2 aromatic carbocycles. The van der Waals surface area contributed by atoms with Crippen LogP contribution in [0.4, 0.5) is 17.1 Å². The molecule has 3 aromatic rings. The van der Waals surface area contributed by atoms with Gasteiger partial charge in [0.15, 0.2) is 0 Å². The van der Waals surface area contributed by atoms with Crippen molar-refractivity contribution >= 4 is 23.0 Å². The zero-order chi connectivity index (χ0) is 24.2. The van der Waals surface area contributed by atoms with Crippen LogP contribution < -0.4 is 15.0 Å². The molecule has 0 radical (unpaired) electrons. The number of nitrogens with one attached hydrogen (secondary N) is 1. The number of aromatic nitrogens is 1. The topological polar surface area (TPSA) is 77.9 Å². The van der Waals surface area contributed by atoms with Gasteiger partial charge in [-0.25, -0.2) is 4.79 Å². The number of aromatic carboxylic acids is 1. The number of pyridine rings is 1. The van der Waals surface area contributed by atoms with Crippen molar-refractivity contribution in [3.05, 3.63) is 77.6 Å². The second-order valence-electron chi connectivity index (χ2n) is 8.96. The number of carboxylic acids is 1. The van der Waals surface area contributed by atoms with Crippen molar-refractivity contribution in [3.63, 3.8) is 0 Å². The van der Waals surface area contributed by atoms with E-state index in [1.807, 2.05) is 26.0 Å². The van der Waals surface area contributed by atoms with Gasteiger partial charge in [0.05, 0.1) is 29.6 Å². The van der Waals surface area contributed by atoms with E-state index in [0.29, 0.717) is 12.2 Å². The van der Waals surface area contributed by atoms with E-state index in [1.54, 1.807) is 6.20 Å². The highest BCUT2D eigenvalue weighted by Crippen LogP contribution is 2.34. The molecule has 1 aliphatic heterocycles. The van der Waals surface area contributed by atoms with Crippen LogP contribution in [0.15, 0.2) is 60.9 Å². The lowest BCUT2D eigenvalue weighted by molar-refractivity contribution is 0.0697. The highest BCUT2D eigenvalue weighted by Gasteiger charge is 2.25. The molecule has 4 rings (SSSR count). The first kappa shape index (κ1) is 23.6. The Kier molecular flexibility index (Phi) is 7.03. The van der Waals surface area contributed by atoms with Gasteiger partial charge in [0.2, 0.25) is 0 Å². The van der Waals surface area contributed by atoms with Crippen LogP contribution in [0.1, 0.15) is 41.4 Å². The quantitative estimate of drug-likeness (QED) is 0.491. The zero-order valence-corrected chi connectivity index (χ0v) is 20.2. The predicted octanol–water partition coefficient (Wildman–Crippen LogP) is 4.98. The van der Waals surface area contributed by atoms with Crippen LogP contribution in [0, 0.1) is 0 Å². The van der Waals surface area contributed by atoms with Crippen molar-refractivity contribution < 1.29 is 14.6 Å². The molecule has 7 nitrogen and oxygen atoms in total. The van der Waals surface area contributed by atoms with Crippen LogP contribution in [0.2, 0.25) is 0 Å². The number of nitrogens with zero attached hydrogens (tertiary/aromatic N) is 3. The van der Waals surface area contributed by atoms with Gasteiger partial charge in [-0.15, -0.1) is 0 Å². The Bertz CT molecular complexity index is 1150. The molecule has 0 amide bonds. The first-order valence-corrected chi connectivity index (χ1v) is 11.6. The van der Waals surface area contributed by atoms with Gasteiger partial charge in [-0.1, -0.05) is 6.07 Å². The number of anilines is 3. The minimum atomic E-state index is -0.959. The van der Waals surface area contributed by atoms with Gasteiger partial charge in [0.25, 0.3) is 0 Å². The lowest BCUT2D eigenvalue weighted by Crippen LogP contribution is -2.36. The fraction of sp³-hybridized carbons (Fsp3) is 0.333. The summed E-state index contributed by atoms with van der Waals surface area (Å²) < 4.78 is 5.76. The van der Waals surface area contributed by atoms with Crippen LogP contribution in [0.3, 0.4) is 0 Å². The molecule has 0 spiro atoms. The third-order valence-corrected chi connectivity index (χ3v) is 6.27. The standard InChI is InChI=1S/C27H32N4O3/c1-18(2)34-22-8-5-20(6-9-22)31(4)21-7-10-23-19(15-21)12-14-30(3)26(23)17-29-25-16-28-13-11-24(25)27(32)33/h5-11,13,15-16,18,26,29H,12,14,17H2,1-4H3,(H,32,33)/t26-/m1/s1. The Hall–Kier alpha value is -3.58. The minimum Gasteiger partial charge on any atom is -0.491 e. The average molecular weight is 461 g/mol. The second kappa shape index (κ2) is 10.1. The fourth-order valence-electron chi connectivity index (χ4n) is 4.40. The molecule has 1 atom stereocenters. The predicted molar refractivity (Wildman–Crippen MR) is 135 cm³/mol. The van der Waals surface area contributed by atoms with Crippen LogP contribution in [-0.2, 0) is 6.42 Å². The molecule has 34 heavy (non-hydrogen) atoms. The van der Waals surface area contributed by atoms with Crippen LogP contribution in [-0.4, -0.2) is 54.2 Å². The maximum absolute atomic E-state index is 11.5. The van der Waals surface area contributed by atoms with Crippen LogP contribution in [0.25, 0.3) is 0 Å². The third kappa shape index (κ3) is 5.15. The second-order valence-corrected chi connectivity index (χ2v) is 8.96. The Balaban J connectivity index is 1.52. The van der Waals surface area contributed by atoms with Crippen molar-refractivity contribution in [2.45, 2.75) is 32.4 Å². The Morgan fingerprint density at radius 2 is 1.94 bits per heavy atom. The number of carboxylic acid groups (broad SMARTS) is 1. The first-order chi connectivity index (χ1) is 16.3. The Morgan fingerprint density at radius 1 is 1.21 bits per heavy atom. The number of hydrogen-bond acceptors (Lipinski definition) is 6. The van der Waals surface area contributed by atoms with Gasteiger partial charge in [-0.05, 0) is 80.9 Å². The molecule has 0 aliphatic carbocycles. The van der Waals surface area contributed by atoms with Gasteiger partial charge in [0, 0.05) is 37.7 Å². The van der Waals surface area contributed by atoms with E-state index in [-0.39, 0.29) is 17.7 Å². The fourth-order valence-corrected chi connectivity index (χ4v) is 4.40. The van der Waals surface area contributed by atoms with E-state index < -0.39 is 5.97 Å². The van der Waals surface area contributed by atoms with Crippen LogP contribution in [0.5, 0.6) is 5.75 Å². The molecule has 0 saturated heterocycles. The van der Waals surface area contributed by atoms with Crippen molar-refractivity contribution in [2.75, 3.05) is 37.4 Å². The van der Waals surface area contributed by atoms with Crippen molar-refractivity contribution in [3.8, 4) is 5.75 Å². The average Bonchev–Trinajstić information content (AvgIpc) is 2.83. The number of likely N-dealkylation sites (N-methyl/N-ethyl adjacent to an activating group) is 1. The first-order valence-electron chi connectivity index (χ1n) is 11.6. The molecule has 0 bridgehead atoms. The summed E-state index contributed by atoms with van der Waals surface area (Å²) in [5.74, 6) is -0.0885. The molecular weight excluding hydrogens is 428 g/mol. The molecule has 1 aliphatic rings. The van der Waals surface area contributed by atoms with E-state index in [4.69, 9.17) is 4.74 Å². The van der Waals surface area contributed by atoms with Gasteiger partial charge in [-0.3, -0.25) is 9.88 Å². The molecule has 2 N–H and O–H groups in total. The van der Waals surface area contributed by atoms with Crippen molar-refractivity contribution in [1.82, 2.24) is 9.88 Å². The van der Waals surface area contributed by atoms with Gasteiger partial charge in [-0.2, -0.15) is 0 Å². The monoisotopic (exact) mass is 460 g/mol. The molecular formula is C27H32N4O3. The summed E-state index contributed by atoms with van der Waals surface area (Å²) in [6, 6.07) is 16.4. The summed E-state index contributed by atoms with van der Waals surface area (Å²) in [7, 11) is 4.18. The summed E-state index contributed by atoms with van der Waals surface area (Å²) in [6.45, 7) is 5.58. The number of hydrogen-bond donors (Lipinski definition) is 2. The molecule has 0 saturated carbocycles. The number of benzene rings is 2. The number of rotatable bonds is 8. The van der Waals surface area contributed by atoms with Crippen LogP contribution >= 0.6 is 0 Å². The van der Waals surface area contributed by atoms with E-state index >= 15 is 0 Å². The maximum atomic E-state index is 11.5. The van der Waals surface area contributed by atoms with E-state index in [1.165, 1.54) is 23.4 Å². The zero-order valence-electron chi connectivity index (χ0n) is 20.2. The van der Waals surface area contributed by atoms with Gasteiger partial charge < -0.3 is 20.1 Å². The minimum absolute atomic E-state index is 0.137. The highest BCUT2D eigenvalue weighted by molar-refractivity contribution is 5.93. The SMILES string of the molecule is CC(C)Oc1ccc(N(C)c2ccc3c(c2)CCN(C)[C@@H]3CNc2cnccc2C(=O)O)cc1. The summed E-state index contributed by atoms with van der Waals surface area (Å²) in [5, 5.41) is 12.8. The number of ether oxygens (including phenoxy) is 1. The largest absolute Gasteiger partial charge is 0.491 e. The summed E-state index contributed by atoms with van der Waals surface area (Å²) >= 11 is 0. The van der Waals surface area contributed by atoms with Gasteiger partial charge >= 0.3 is 5.97 Å². The maximum Gasteiger partial charge on any atom is 0.337 e. The number of fused-ring (bicyclic) bond motifs is 1. The third-order valence-electron chi connectivity index (χ3n) is 6.27. The summed E-state index contributed by atoms with van der Waals surface area (Å²) in [4.78, 5) is 20.1. The summed E-state index contributed by atoms with van der Waals surface area (Å²) in [5.41, 5.74) is 5.58. The Morgan fingerprint density at radius 3 is 2.65 bits per heavy atom. The molecule has 178 valence electrons.